The van der Waals surface area contributed by atoms with Gasteiger partial charge in [0.2, 0.25) is 0 Å². The number of aromatic nitrogens is 2. The van der Waals surface area contributed by atoms with Crippen molar-refractivity contribution in [3.8, 4) is 5.75 Å². The van der Waals surface area contributed by atoms with Gasteiger partial charge in [-0.1, -0.05) is 26.0 Å². The molecular weight excluding hydrogens is 264 g/mol. The predicted octanol–water partition coefficient (Wildman–Crippen LogP) is 3.00. The summed E-state index contributed by atoms with van der Waals surface area (Å²) >= 11 is 0. The highest BCUT2D eigenvalue weighted by Crippen LogP contribution is 2.27. The highest BCUT2D eigenvalue weighted by molar-refractivity contribution is 5.58. The maximum absolute atomic E-state index is 9.28. The van der Waals surface area contributed by atoms with Gasteiger partial charge in [0.15, 0.2) is 0 Å². The van der Waals surface area contributed by atoms with Gasteiger partial charge in [0.1, 0.15) is 23.7 Å². The first-order valence-corrected chi connectivity index (χ1v) is 7.16. The van der Waals surface area contributed by atoms with Crippen molar-refractivity contribution in [3.63, 3.8) is 0 Å². The lowest BCUT2D eigenvalue weighted by Crippen LogP contribution is -2.12. The molecule has 21 heavy (non-hydrogen) atoms. The van der Waals surface area contributed by atoms with Crippen LogP contribution >= 0.6 is 0 Å². The van der Waals surface area contributed by atoms with Crippen LogP contribution in [0.1, 0.15) is 30.9 Å². The van der Waals surface area contributed by atoms with Crippen LogP contribution in [-0.4, -0.2) is 28.7 Å². The van der Waals surface area contributed by atoms with Gasteiger partial charge in [-0.05, 0) is 30.0 Å². The van der Waals surface area contributed by atoms with Crippen molar-refractivity contribution in [2.45, 2.75) is 26.2 Å². The van der Waals surface area contributed by atoms with Gasteiger partial charge in [-0.25, -0.2) is 9.97 Å². The van der Waals surface area contributed by atoms with Crippen LogP contribution in [0.5, 0.6) is 5.75 Å². The Kier molecular flexibility index (Phi) is 4.98. The molecule has 2 aromatic rings. The molecule has 0 spiro atoms. The fraction of sp³-hybridized carbons (Fsp3) is 0.375. The fourth-order valence-electron chi connectivity index (χ4n) is 2.27. The Morgan fingerprint density at radius 1 is 1.10 bits per heavy atom. The Morgan fingerprint density at radius 2 is 1.76 bits per heavy atom. The molecule has 0 radical (unpaired) electrons. The van der Waals surface area contributed by atoms with Crippen molar-refractivity contribution in [1.29, 1.82) is 0 Å². The molecule has 3 N–H and O–H groups in total. The summed E-state index contributed by atoms with van der Waals surface area (Å²) in [5, 5.41) is 15.8. The van der Waals surface area contributed by atoms with E-state index in [9.17, 15) is 5.11 Å². The molecule has 0 unspecified atom stereocenters. The lowest BCUT2D eigenvalue weighted by molar-refractivity contribution is 0.475. The largest absolute Gasteiger partial charge is 0.508 e. The number of benzene rings is 1. The van der Waals surface area contributed by atoms with Gasteiger partial charge in [0.05, 0.1) is 0 Å². The van der Waals surface area contributed by atoms with Gasteiger partial charge in [0.25, 0.3) is 0 Å². The first kappa shape index (κ1) is 15.1. The van der Waals surface area contributed by atoms with E-state index in [-0.39, 0.29) is 0 Å². The highest BCUT2D eigenvalue weighted by Gasteiger charge is 2.13. The van der Waals surface area contributed by atoms with Crippen LogP contribution in [0.25, 0.3) is 0 Å². The quantitative estimate of drug-likeness (QED) is 0.761. The first-order chi connectivity index (χ1) is 10.1. The number of phenolic OH excluding ortho intramolecular Hbond substituents is 1. The Hall–Kier alpha value is -2.30. The molecule has 0 aliphatic carbocycles. The zero-order valence-corrected chi connectivity index (χ0v) is 12.7. The van der Waals surface area contributed by atoms with Crippen LogP contribution in [-0.2, 0) is 6.42 Å². The third-order valence-electron chi connectivity index (χ3n) is 3.34. The lowest BCUT2D eigenvalue weighted by Gasteiger charge is -2.16. The second-order valence-corrected chi connectivity index (χ2v) is 5.23. The van der Waals surface area contributed by atoms with E-state index in [0.29, 0.717) is 11.7 Å². The maximum Gasteiger partial charge on any atom is 0.134 e. The minimum atomic E-state index is 0.295. The summed E-state index contributed by atoms with van der Waals surface area (Å²) in [5.41, 5.74) is 2.28. The summed E-state index contributed by atoms with van der Waals surface area (Å²) in [6.07, 6.45) is 2.44. The molecule has 0 atom stereocenters. The molecule has 0 saturated carbocycles. The van der Waals surface area contributed by atoms with Crippen LogP contribution in [0.3, 0.4) is 0 Å². The van der Waals surface area contributed by atoms with Gasteiger partial charge < -0.3 is 15.7 Å². The van der Waals surface area contributed by atoms with Gasteiger partial charge in [-0.3, -0.25) is 0 Å². The Labute approximate surface area is 125 Å². The number of hydrogen-bond acceptors (Lipinski definition) is 5. The van der Waals surface area contributed by atoms with Gasteiger partial charge in [-0.15, -0.1) is 0 Å². The maximum atomic E-state index is 9.28. The second-order valence-electron chi connectivity index (χ2n) is 5.23. The number of phenols is 1. The van der Waals surface area contributed by atoms with Crippen molar-refractivity contribution in [2.75, 3.05) is 24.2 Å². The fourth-order valence-corrected chi connectivity index (χ4v) is 2.27. The third kappa shape index (κ3) is 3.84. The smallest absolute Gasteiger partial charge is 0.134 e. The Balaban J connectivity index is 2.04. The summed E-state index contributed by atoms with van der Waals surface area (Å²) < 4.78 is 0. The molecule has 0 saturated heterocycles. The molecule has 1 heterocycles. The third-order valence-corrected chi connectivity index (χ3v) is 3.34. The summed E-state index contributed by atoms with van der Waals surface area (Å²) in [4.78, 5) is 8.62. The average molecular weight is 286 g/mol. The van der Waals surface area contributed by atoms with E-state index in [1.165, 1.54) is 5.56 Å². The van der Waals surface area contributed by atoms with E-state index < -0.39 is 0 Å². The number of hydrogen-bond donors (Lipinski definition) is 3. The monoisotopic (exact) mass is 286 g/mol. The predicted molar refractivity (Wildman–Crippen MR) is 86.0 cm³/mol. The van der Waals surface area contributed by atoms with Gasteiger partial charge >= 0.3 is 0 Å². The van der Waals surface area contributed by atoms with E-state index in [0.717, 1.165) is 30.2 Å². The van der Waals surface area contributed by atoms with Gasteiger partial charge in [0, 0.05) is 19.2 Å². The van der Waals surface area contributed by atoms with Crippen molar-refractivity contribution < 1.29 is 5.11 Å². The SMILES string of the molecule is CNc1ncnc(NCCc2ccc(O)cc2)c1C(C)C. The number of anilines is 2. The van der Waals surface area contributed by atoms with E-state index >= 15 is 0 Å². The number of rotatable bonds is 6. The van der Waals surface area contributed by atoms with E-state index in [1.54, 1.807) is 18.5 Å². The normalized spacial score (nSPS) is 10.7. The average Bonchev–Trinajstić information content (AvgIpc) is 2.48. The molecule has 112 valence electrons. The summed E-state index contributed by atoms with van der Waals surface area (Å²) in [6.45, 7) is 5.04. The zero-order chi connectivity index (χ0) is 15.2. The number of aromatic hydroxyl groups is 1. The Bertz CT molecular complexity index is 581. The molecule has 5 heteroatoms. The summed E-state index contributed by atoms with van der Waals surface area (Å²) in [5.74, 6) is 2.38. The van der Waals surface area contributed by atoms with Crippen LogP contribution in [0.2, 0.25) is 0 Å². The van der Waals surface area contributed by atoms with Crippen molar-refractivity contribution >= 4 is 11.6 Å². The standard InChI is InChI=1S/C16H22N4O/c1-11(2)14-15(17-3)19-10-20-16(14)18-9-8-12-4-6-13(21)7-5-12/h4-7,10-11,21H,8-9H2,1-3H3,(H2,17,18,19,20). The van der Waals surface area contributed by atoms with E-state index in [1.807, 2.05) is 19.2 Å². The van der Waals surface area contributed by atoms with Crippen LogP contribution < -0.4 is 10.6 Å². The second kappa shape index (κ2) is 6.92. The summed E-state index contributed by atoms with van der Waals surface area (Å²) in [6, 6.07) is 7.27. The molecule has 1 aromatic heterocycles. The van der Waals surface area contributed by atoms with E-state index in [4.69, 9.17) is 0 Å². The number of nitrogens with zero attached hydrogens (tertiary/aromatic N) is 2. The zero-order valence-electron chi connectivity index (χ0n) is 12.7. The highest BCUT2D eigenvalue weighted by atomic mass is 16.3. The molecule has 5 nitrogen and oxygen atoms in total. The molecule has 2 rings (SSSR count). The molecule has 0 fully saturated rings. The first-order valence-electron chi connectivity index (χ1n) is 7.16. The minimum Gasteiger partial charge on any atom is -0.508 e. The van der Waals surface area contributed by atoms with Crippen LogP contribution in [0, 0.1) is 0 Å². The molecule has 0 aliphatic heterocycles. The van der Waals surface area contributed by atoms with Crippen molar-refractivity contribution in [3.05, 3.63) is 41.7 Å². The minimum absolute atomic E-state index is 0.295. The lowest BCUT2D eigenvalue weighted by atomic mass is 10.0. The molecule has 0 bridgehead atoms. The van der Waals surface area contributed by atoms with Crippen molar-refractivity contribution in [1.82, 2.24) is 9.97 Å². The Morgan fingerprint density at radius 3 is 2.38 bits per heavy atom. The molecular formula is C16H22N4O. The summed E-state index contributed by atoms with van der Waals surface area (Å²) in [7, 11) is 1.87. The molecule has 0 aliphatic rings. The topological polar surface area (TPSA) is 70.1 Å². The van der Waals surface area contributed by atoms with Gasteiger partial charge in [-0.2, -0.15) is 0 Å². The van der Waals surface area contributed by atoms with E-state index in [2.05, 4.69) is 34.4 Å². The van der Waals surface area contributed by atoms with Crippen LogP contribution in [0.4, 0.5) is 11.6 Å². The van der Waals surface area contributed by atoms with Crippen molar-refractivity contribution in [2.24, 2.45) is 0 Å². The molecule has 0 amide bonds. The van der Waals surface area contributed by atoms with Crippen LogP contribution in [0.15, 0.2) is 30.6 Å². The molecule has 1 aromatic carbocycles. The number of nitrogens with one attached hydrogen (secondary N) is 2.